The van der Waals surface area contributed by atoms with Crippen molar-refractivity contribution in [1.82, 2.24) is 0 Å². The summed E-state index contributed by atoms with van der Waals surface area (Å²) >= 11 is 1.06. The van der Waals surface area contributed by atoms with Crippen LogP contribution in [-0.4, -0.2) is 28.7 Å². The molecule has 6 nitrogen and oxygen atoms in total. The van der Waals surface area contributed by atoms with E-state index in [1.165, 1.54) is 18.2 Å². The molecule has 1 aromatic carbocycles. The first-order valence-electron chi connectivity index (χ1n) is 7.41. The summed E-state index contributed by atoms with van der Waals surface area (Å²) in [4.78, 5) is 0.493. The molecule has 0 spiro atoms. The summed E-state index contributed by atoms with van der Waals surface area (Å²) in [6.45, 7) is 5.62. The molecule has 0 aliphatic carbocycles. The molecule has 2 N–H and O–H groups in total. The van der Waals surface area contributed by atoms with Gasteiger partial charge in [-0.2, -0.15) is 0 Å². The first-order chi connectivity index (χ1) is 11.3. The molecule has 0 fully saturated rings. The van der Waals surface area contributed by atoms with E-state index in [4.69, 9.17) is 10.5 Å². The highest BCUT2D eigenvalue weighted by molar-refractivity contribution is 7.93. The lowest BCUT2D eigenvalue weighted by Gasteiger charge is -2.22. The number of rotatable bonds is 5. The van der Waals surface area contributed by atoms with E-state index in [-0.39, 0.29) is 26.3 Å². The predicted octanol–water partition coefficient (Wildman–Crippen LogP) is 2.62. The first-order valence-corrected chi connectivity index (χ1v) is 11.6. The number of ether oxygens (including phenoxy) is 1. The van der Waals surface area contributed by atoms with Crippen molar-refractivity contribution in [3.8, 4) is 5.75 Å². The number of benzene rings is 1. The molecule has 2 aromatic rings. The minimum absolute atomic E-state index is 0.108. The molecule has 0 bridgehead atoms. The lowest BCUT2D eigenvalue weighted by Crippen LogP contribution is -2.23. The molecule has 1 aromatic heterocycles. The Morgan fingerprint density at radius 2 is 1.64 bits per heavy atom. The highest BCUT2D eigenvalue weighted by Crippen LogP contribution is 2.32. The molecule has 0 atom stereocenters. The van der Waals surface area contributed by atoms with Crippen molar-refractivity contribution in [3.05, 3.63) is 35.2 Å². The number of hydrogen-bond donors (Lipinski definition) is 1. The van der Waals surface area contributed by atoms with Crippen molar-refractivity contribution in [1.29, 1.82) is 0 Å². The molecule has 0 radical (unpaired) electrons. The summed E-state index contributed by atoms with van der Waals surface area (Å²) in [6.07, 6.45) is 1.03. The van der Waals surface area contributed by atoms with Gasteiger partial charge in [-0.1, -0.05) is 0 Å². The van der Waals surface area contributed by atoms with Crippen molar-refractivity contribution in [2.75, 3.05) is 6.26 Å². The summed E-state index contributed by atoms with van der Waals surface area (Å²) in [7, 11) is -7.48. The zero-order valence-electron chi connectivity index (χ0n) is 14.4. The molecule has 0 amide bonds. The third-order valence-corrected chi connectivity index (χ3v) is 7.54. The zero-order chi connectivity index (χ0) is 19.0. The maximum atomic E-state index is 12.9. The molecule has 25 heavy (non-hydrogen) atoms. The van der Waals surface area contributed by atoms with Crippen LogP contribution in [0, 0.1) is 0 Å². The van der Waals surface area contributed by atoms with E-state index >= 15 is 0 Å². The van der Waals surface area contributed by atoms with Gasteiger partial charge >= 0.3 is 0 Å². The molecule has 1 heterocycles. The van der Waals surface area contributed by atoms with Crippen molar-refractivity contribution < 1.29 is 21.6 Å². The van der Waals surface area contributed by atoms with Gasteiger partial charge in [-0.05, 0) is 51.1 Å². The summed E-state index contributed by atoms with van der Waals surface area (Å²) in [5, 5.41) is 0. The van der Waals surface area contributed by atoms with Crippen LogP contribution in [0.1, 0.15) is 25.6 Å². The normalized spacial score (nSPS) is 13.0. The number of thiophene rings is 1. The monoisotopic (exact) mass is 403 g/mol. The minimum atomic E-state index is -3.87. The molecule has 0 saturated carbocycles. The minimum Gasteiger partial charge on any atom is -0.488 e. The molecule has 0 aliphatic heterocycles. The van der Waals surface area contributed by atoms with Crippen LogP contribution in [0.25, 0.3) is 0 Å². The fourth-order valence-electron chi connectivity index (χ4n) is 2.06. The Balaban J connectivity index is 2.65. The molecule has 2 rings (SSSR count). The highest BCUT2D eigenvalue weighted by atomic mass is 32.2. The standard InChI is InChI=1S/C16H21NO5S3/c1-16(2,3)22-11-7-13(24(4,18)19)9-14(8-11)25(20,21)15-6-5-12(10-17)23-15/h5-9H,10,17H2,1-4H3. The van der Waals surface area contributed by atoms with Gasteiger partial charge in [-0.3, -0.25) is 0 Å². The van der Waals surface area contributed by atoms with Gasteiger partial charge in [0.25, 0.3) is 0 Å². The Hall–Kier alpha value is -1.42. The van der Waals surface area contributed by atoms with Crippen LogP contribution in [0.3, 0.4) is 0 Å². The molecular weight excluding hydrogens is 382 g/mol. The first kappa shape index (κ1) is 19.9. The van der Waals surface area contributed by atoms with Crippen molar-refractivity contribution in [2.45, 2.75) is 46.9 Å². The Morgan fingerprint density at radius 3 is 2.12 bits per heavy atom. The van der Waals surface area contributed by atoms with Gasteiger partial charge in [0.2, 0.25) is 9.84 Å². The lowest BCUT2D eigenvalue weighted by atomic mass is 10.2. The maximum absolute atomic E-state index is 12.9. The smallest absolute Gasteiger partial charge is 0.216 e. The largest absolute Gasteiger partial charge is 0.488 e. The van der Waals surface area contributed by atoms with E-state index in [1.807, 2.05) is 0 Å². The second-order valence-electron chi connectivity index (χ2n) is 6.56. The quantitative estimate of drug-likeness (QED) is 0.823. The van der Waals surface area contributed by atoms with Gasteiger partial charge in [0.1, 0.15) is 15.6 Å². The van der Waals surface area contributed by atoms with Crippen LogP contribution in [0.15, 0.2) is 44.3 Å². The molecule has 0 saturated heterocycles. The number of nitrogens with two attached hydrogens (primary N) is 1. The van der Waals surface area contributed by atoms with Gasteiger partial charge in [0.15, 0.2) is 9.84 Å². The lowest BCUT2D eigenvalue weighted by molar-refractivity contribution is 0.130. The van der Waals surface area contributed by atoms with E-state index < -0.39 is 25.3 Å². The van der Waals surface area contributed by atoms with Crippen LogP contribution in [0.4, 0.5) is 0 Å². The van der Waals surface area contributed by atoms with Crippen LogP contribution >= 0.6 is 11.3 Å². The second kappa shape index (κ2) is 6.71. The third-order valence-electron chi connectivity index (χ3n) is 3.12. The molecule has 9 heteroatoms. The Morgan fingerprint density at radius 1 is 1.04 bits per heavy atom. The van der Waals surface area contributed by atoms with Gasteiger partial charge in [-0.15, -0.1) is 11.3 Å². The van der Waals surface area contributed by atoms with E-state index in [2.05, 4.69) is 0 Å². The van der Waals surface area contributed by atoms with Crippen LogP contribution in [0.5, 0.6) is 5.75 Å². The van der Waals surface area contributed by atoms with E-state index in [0.29, 0.717) is 0 Å². The fourth-order valence-corrected chi connectivity index (χ4v) is 5.50. The summed E-state index contributed by atoms with van der Waals surface area (Å²) < 4.78 is 55.5. The third kappa shape index (κ3) is 4.81. The molecular formula is C16H21NO5S3. The van der Waals surface area contributed by atoms with Gasteiger partial charge in [0, 0.05) is 17.7 Å². The van der Waals surface area contributed by atoms with E-state index in [0.717, 1.165) is 28.5 Å². The molecule has 0 aliphatic rings. The Kier molecular flexibility index (Phi) is 5.34. The molecule has 138 valence electrons. The van der Waals surface area contributed by atoms with Crippen LogP contribution in [0.2, 0.25) is 0 Å². The van der Waals surface area contributed by atoms with Gasteiger partial charge in [0.05, 0.1) is 9.79 Å². The zero-order valence-corrected chi connectivity index (χ0v) is 16.9. The molecule has 0 unspecified atom stereocenters. The van der Waals surface area contributed by atoms with E-state index in [9.17, 15) is 16.8 Å². The number of sulfone groups is 2. The average molecular weight is 404 g/mol. The second-order valence-corrected chi connectivity index (χ2v) is 11.9. The van der Waals surface area contributed by atoms with Crippen LogP contribution in [-0.2, 0) is 26.2 Å². The topological polar surface area (TPSA) is 104 Å². The van der Waals surface area contributed by atoms with Crippen LogP contribution < -0.4 is 10.5 Å². The van der Waals surface area contributed by atoms with E-state index in [1.54, 1.807) is 26.8 Å². The summed E-state index contributed by atoms with van der Waals surface area (Å²) in [6, 6.07) is 6.95. The summed E-state index contributed by atoms with van der Waals surface area (Å²) in [5.74, 6) is 0.185. The van der Waals surface area contributed by atoms with Crippen molar-refractivity contribution in [2.24, 2.45) is 5.73 Å². The van der Waals surface area contributed by atoms with Crippen molar-refractivity contribution >= 4 is 31.0 Å². The Labute approximate surface area is 152 Å². The predicted molar refractivity (Wildman–Crippen MR) is 97.6 cm³/mol. The fraction of sp³-hybridized carbons (Fsp3) is 0.375. The SMILES string of the molecule is CC(C)(C)Oc1cc(S(C)(=O)=O)cc(S(=O)(=O)c2ccc(CN)s2)c1. The highest BCUT2D eigenvalue weighted by Gasteiger charge is 2.24. The van der Waals surface area contributed by atoms with Crippen molar-refractivity contribution in [3.63, 3.8) is 0 Å². The Bertz CT molecular complexity index is 983. The van der Waals surface area contributed by atoms with Gasteiger partial charge in [-0.25, -0.2) is 16.8 Å². The van der Waals surface area contributed by atoms with Gasteiger partial charge < -0.3 is 10.5 Å². The number of hydrogen-bond acceptors (Lipinski definition) is 7. The summed E-state index contributed by atoms with van der Waals surface area (Å²) in [5.41, 5.74) is 4.93. The maximum Gasteiger partial charge on any atom is 0.216 e. The average Bonchev–Trinajstić information content (AvgIpc) is 2.93.